The topological polar surface area (TPSA) is 83.5 Å². The van der Waals surface area contributed by atoms with Crippen LogP contribution in [0.2, 0.25) is 0 Å². The van der Waals surface area contributed by atoms with E-state index in [-0.39, 0.29) is 19.0 Å². The Hall–Kier alpha value is -0.730. The molecular formula is C16H32O7. The maximum atomic E-state index is 11.4. The van der Waals surface area contributed by atoms with Gasteiger partial charge in [-0.25, -0.2) is 0 Å². The molecule has 0 aliphatic carbocycles. The molecule has 0 saturated carbocycles. The SMILES string of the molecule is CC(C)(C)OC(=O)CCOCCOCCOCCOCCCO. The Balaban J connectivity index is 3.15. The first-order valence-electron chi connectivity index (χ1n) is 8.09. The molecule has 0 spiro atoms. The Morgan fingerprint density at radius 3 is 1.65 bits per heavy atom. The average Bonchev–Trinajstić information content (AvgIpc) is 2.46. The van der Waals surface area contributed by atoms with Gasteiger partial charge in [0.05, 0.1) is 52.7 Å². The molecule has 0 aromatic carbocycles. The van der Waals surface area contributed by atoms with E-state index in [0.717, 1.165) is 0 Å². The molecule has 0 fully saturated rings. The Kier molecular flexibility index (Phi) is 14.4. The number of carbonyl (C=O) groups is 1. The van der Waals surface area contributed by atoms with E-state index in [4.69, 9.17) is 28.8 Å². The van der Waals surface area contributed by atoms with Gasteiger partial charge in [0.1, 0.15) is 5.60 Å². The summed E-state index contributed by atoms with van der Waals surface area (Å²) in [4.78, 5) is 11.4. The number of ether oxygens (including phenoxy) is 5. The van der Waals surface area contributed by atoms with Crippen LogP contribution in [0.25, 0.3) is 0 Å². The first-order chi connectivity index (χ1) is 11.0. The zero-order valence-electron chi connectivity index (χ0n) is 14.7. The Bertz CT molecular complexity index is 276. The fourth-order valence-electron chi connectivity index (χ4n) is 1.48. The number of hydrogen-bond acceptors (Lipinski definition) is 7. The van der Waals surface area contributed by atoms with Crippen LogP contribution in [-0.2, 0) is 28.5 Å². The second-order valence-corrected chi connectivity index (χ2v) is 5.86. The minimum Gasteiger partial charge on any atom is -0.460 e. The zero-order chi connectivity index (χ0) is 17.4. The second-order valence-electron chi connectivity index (χ2n) is 5.86. The molecule has 0 unspecified atom stereocenters. The number of carbonyl (C=O) groups excluding carboxylic acids is 1. The number of esters is 1. The molecule has 0 aliphatic heterocycles. The van der Waals surface area contributed by atoms with E-state index >= 15 is 0 Å². The van der Waals surface area contributed by atoms with Gasteiger partial charge in [0.25, 0.3) is 0 Å². The fourth-order valence-corrected chi connectivity index (χ4v) is 1.48. The van der Waals surface area contributed by atoms with E-state index < -0.39 is 5.60 Å². The number of aliphatic hydroxyl groups is 1. The molecule has 0 amide bonds. The maximum absolute atomic E-state index is 11.4. The highest BCUT2D eigenvalue weighted by Crippen LogP contribution is 2.07. The summed E-state index contributed by atoms with van der Waals surface area (Å²) in [6.07, 6.45) is 0.897. The van der Waals surface area contributed by atoms with Gasteiger partial charge in [0.15, 0.2) is 0 Å². The summed E-state index contributed by atoms with van der Waals surface area (Å²) in [7, 11) is 0. The zero-order valence-corrected chi connectivity index (χ0v) is 14.7. The normalized spacial score (nSPS) is 11.7. The second kappa shape index (κ2) is 14.8. The van der Waals surface area contributed by atoms with Crippen molar-refractivity contribution in [3.8, 4) is 0 Å². The molecule has 7 heteroatoms. The first-order valence-corrected chi connectivity index (χ1v) is 8.09. The summed E-state index contributed by atoms with van der Waals surface area (Å²) in [5.74, 6) is -0.256. The van der Waals surface area contributed by atoms with E-state index in [1.807, 2.05) is 20.8 Å². The van der Waals surface area contributed by atoms with Gasteiger partial charge >= 0.3 is 5.97 Å². The van der Waals surface area contributed by atoms with Gasteiger partial charge in [-0.1, -0.05) is 0 Å². The highest BCUT2D eigenvalue weighted by Gasteiger charge is 2.15. The summed E-state index contributed by atoms with van der Waals surface area (Å²) < 4.78 is 26.3. The molecule has 0 atom stereocenters. The largest absolute Gasteiger partial charge is 0.460 e. The van der Waals surface area contributed by atoms with Gasteiger partial charge in [-0.3, -0.25) is 4.79 Å². The Labute approximate surface area is 139 Å². The molecule has 23 heavy (non-hydrogen) atoms. The monoisotopic (exact) mass is 336 g/mol. The first kappa shape index (κ1) is 22.3. The fraction of sp³-hybridized carbons (Fsp3) is 0.938. The predicted molar refractivity (Wildman–Crippen MR) is 85.4 cm³/mol. The van der Waals surface area contributed by atoms with Gasteiger partial charge in [0.2, 0.25) is 0 Å². The third kappa shape index (κ3) is 19.2. The molecule has 0 aromatic heterocycles. The van der Waals surface area contributed by atoms with Gasteiger partial charge in [-0.15, -0.1) is 0 Å². The molecular weight excluding hydrogens is 304 g/mol. The molecule has 0 aromatic rings. The highest BCUT2D eigenvalue weighted by molar-refractivity contribution is 5.69. The van der Waals surface area contributed by atoms with Crippen molar-refractivity contribution in [1.82, 2.24) is 0 Å². The number of aliphatic hydroxyl groups excluding tert-OH is 1. The smallest absolute Gasteiger partial charge is 0.308 e. The molecule has 0 bridgehead atoms. The van der Waals surface area contributed by atoms with Crippen LogP contribution in [0.5, 0.6) is 0 Å². The number of hydrogen-bond donors (Lipinski definition) is 1. The third-order valence-corrected chi connectivity index (χ3v) is 2.43. The van der Waals surface area contributed by atoms with Crippen molar-refractivity contribution in [2.45, 2.75) is 39.2 Å². The minimum absolute atomic E-state index is 0.147. The lowest BCUT2D eigenvalue weighted by Crippen LogP contribution is -2.24. The molecule has 0 rings (SSSR count). The lowest BCUT2D eigenvalue weighted by atomic mass is 10.2. The molecule has 7 nitrogen and oxygen atoms in total. The summed E-state index contributed by atoms with van der Waals surface area (Å²) in [5.41, 5.74) is -0.454. The molecule has 0 heterocycles. The van der Waals surface area contributed by atoms with Crippen LogP contribution in [0.4, 0.5) is 0 Å². The van der Waals surface area contributed by atoms with Crippen LogP contribution >= 0.6 is 0 Å². The van der Waals surface area contributed by atoms with E-state index in [1.165, 1.54) is 0 Å². The van der Waals surface area contributed by atoms with Crippen molar-refractivity contribution in [1.29, 1.82) is 0 Å². The van der Waals surface area contributed by atoms with E-state index in [1.54, 1.807) is 0 Å². The molecule has 0 aliphatic rings. The molecule has 0 saturated heterocycles. The highest BCUT2D eigenvalue weighted by atomic mass is 16.6. The standard InChI is InChI=1S/C16H32O7/c1-16(2,3)23-15(18)5-8-20-10-12-22-14-13-21-11-9-19-7-4-6-17/h17H,4-14H2,1-3H3. The summed E-state index contributed by atoms with van der Waals surface area (Å²) in [5, 5.41) is 8.55. The van der Waals surface area contributed by atoms with Crippen molar-refractivity contribution in [3.63, 3.8) is 0 Å². The van der Waals surface area contributed by atoms with Crippen molar-refractivity contribution in [2.75, 3.05) is 59.5 Å². The Morgan fingerprint density at radius 1 is 0.783 bits per heavy atom. The summed E-state index contributed by atoms with van der Waals surface area (Å²) in [6.45, 7) is 9.47. The van der Waals surface area contributed by atoms with Crippen molar-refractivity contribution >= 4 is 5.97 Å². The van der Waals surface area contributed by atoms with Gasteiger partial charge in [-0.2, -0.15) is 0 Å². The lowest BCUT2D eigenvalue weighted by Gasteiger charge is -2.19. The van der Waals surface area contributed by atoms with Gasteiger partial charge < -0.3 is 28.8 Å². The van der Waals surface area contributed by atoms with Crippen LogP contribution in [0.15, 0.2) is 0 Å². The van der Waals surface area contributed by atoms with Crippen molar-refractivity contribution in [3.05, 3.63) is 0 Å². The molecule has 138 valence electrons. The Morgan fingerprint density at radius 2 is 1.22 bits per heavy atom. The van der Waals surface area contributed by atoms with E-state index in [0.29, 0.717) is 59.3 Å². The quantitative estimate of drug-likeness (QED) is 0.355. The molecule has 1 N–H and O–H groups in total. The predicted octanol–water partition coefficient (Wildman–Crippen LogP) is 1.17. The van der Waals surface area contributed by atoms with E-state index in [2.05, 4.69) is 0 Å². The maximum Gasteiger partial charge on any atom is 0.308 e. The third-order valence-electron chi connectivity index (χ3n) is 2.43. The van der Waals surface area contributed by atoms with Crippen molar-refractivity contribution < 1.29 is 33.6 Å². The van der Waals surface area contributed by atoms with Crippen molar-refractivity contribution in [2.24, 2.45) is 0 Å². The van der Waals surface area contributed by atoms with Crippen LogP contribution in [-0.4, -0.2) is 76.1 Å². The lowest BCUT2D eigenvalue weighted by molar-refractivity contribution is -0.156. The molecule has 0 radical (unpaired) electrons. The van der Waals surface area contributed by atoms with Crippen LogP contribution in [0.1, 0.15) is 33.6 Å². The average molecular weight is 336 g/mol. The minimum atomic E-state index is -0.454. The van der Waals surface area contributed by atoms with Crippen LogP contribution < -0.4 is 0 Å². The summed E-state index contributed by atoms with van der Waals surface area (Å²) in [6, 6.07) is 0. The van der Waals surface area contributed by atoms with Crippen LogP contribution in [0.3, 0.4) is 0 Å². The number of rotatable bonds is 15. The van der Waals surface area contributed by atoms with E-state index in [9.17, 15) is 4.79 Å². The van der Waals surface area contributed by atoms with Crippen LogP contribution in [0, 0.1) is 0 Å². The summed E-state index contributed by atoms with van der Waals surface area (Å²) >= 11 is 0. The van der Waals surface area contributed by atoms with Gasteiger partial charge in [0, 0.05) is 13.2 Å². The van der Waals surface area contributed by atoms with Gasteiger partial charge in [-0.05, 0) is 27.2 Å².